The first-order chi connectivity index (χ1) is 17.9. The van der Waals surface area contributed by atoms with Gasteiger partial charge in [-0.05, 0) is 69.9 Å². The molecule has 10 nitrogen and oxygen atoms in total. The summed E-state index contributed by atoms with van der Waals surface area (Å²) in [5, 5.41) is 13.7. The zero-order chi connectivity index (χ0) is 27.7. The van der Waals surface area contributed by atoms with Crippen LogP contribution in [-0.2, 0) is 26.0 Å². The molecule has 0 saturated heterocycles. The van der Waals surface area contributed by atoms with Gasteiger partial charge < -0.3 is 14.0 Å². The molecule has 0 radical (unpaired) electrons. The van der Waals surface area contributed by atoms with E-state index in [0.717, 1.165) is 16.7 Å². The Balaban J connectivity index is 1.58. The third kappa shape index (κ3) is 5.71. The van der Waals surface area contributed by atoms with Gasteiger partial charge in [0, 0.05) is 17.2 Å². The van der Waals surface area contributed by atoms with E-state index in [-0.39, 0.29) is 12.0 Å². The topological polar surface area (TPSA) is 144 Å². The molecule has 0 amide bonds. The Kier molecular flexibility index (Phi) is 7.58. The van der Waals surface area contributed by atoms with Crippen LogP contribution in [0, 0.1) is 16.7 Å². The Hall–Kier alpha value is -3.75. The van der Waals surface area contributed by atoms with E-state index in [4.69, 9.17) is 14.0 Å². The molecule has 11 heteroatoms. The van der Waals surface area contributed by atoms with Crippen LogP contribution in [0.3, 0.4) is 0 Å². The van der Waals surface area contributed by atoms with Crippen molar-refractivity contribution in [2.24, 2.45) is 5.41 Å². The van der Waals surface area contributed by atoms with Crippen molar-refractivity contribution in [1.29, 1.82) is 5.26 Å². The van der Waals surface area contributed by atoms with Gasteiger partial charge in [-0.2, -0.15) is 10.2 Å². The van der Waals surface area contributed by atoms with Crippen molar-refractivity contribution in [3.05, 3.63) is 53.1 Å². The highest BCUT2D eigenvalue weighted by atomic mass is 32.2. The maximum atomic E-state index is 12.9. The molecule has 0 bridgehead atoms. The van der Waals surface area contributed by atoms with Crippen LogP contribution in [-0.4, -0.2) is 43.5 Å². The molecule has 0 fully saturated rings. The van der Waals surface area contributed by atoms with Gasteiger partial charge in [0.2, 0.25) is 15.8 Å². The third-order valence-corrected chi connectivity index (χ3v) is 8.00. The number of benzene rings is 2. The molecule has 1 aromatic heterocycles. The lowest BCUT2D eigenvalue weighted by atomic mass is 9.97. The van der Waals surface area contributed by atoms with Crippen LogP contribution in [0.1, 0.15) is 56.8 Å². The molecule has 0 aliphatic heterocycles. The number of nitrogens with zero attached hydrogens (tertiary/aromatic N) is 3. The highest BCUT2D eigenvalue weighted by Crippen LogP contribution is 2.38. The summed E-state index contributed by atoms with van der Waals surface area (Å²) in [5.41, 5.74) is 2.27. The monoisotopic (exact) mass is 538 g/mol. The molecule has 1 heterocycles. The molecule has 1 N–H and O–H groups in total. The molecular formula is C27H30N4O6S. The van der Waals surface area contributed by atoms with Gasteiger partial charge in [0.05, 0.1) is 29.9 Å². The van der Waals surface area contributed by atoms with Gasteiger partial charge >= 0.3 is 5.97 Å². The summed E-state index contributed by atoms with van der Waals surface area (Å²) in [6, 6.07) is 12.4. The zero-order valence-electron chi connectivity index (χ0n) is 21.9. The standard InChI is InChI=1S/C27H30N4O6S/c1-16(2)36-23-12-9-17(13-18(23)14-28)25-29-24(30-37-25)21-8-6-7-20-19(21)10-11-22(20)31-38(33,34)15-27(3,4)26(32)35-5/h6-9,12-13,16,22,31H,10-11,15H2,1-5H3. The molecule has 4 rings (SSSR count). The normalized spacial score (nSPS) is 15.2. The number of fused-ring (bicyclic) bond motifs is 1. The number of hydrogen-bond donors (Lipinski definition) is 1. The fourth-order valence-electron chi connectivity index (χ4n) is 4.61. The molecule has 1 aliphatic rings. The maximum Gasteiger partial charge on any atom is 0.312 e. The summed E-state index contributed by atoms with van der Waals surface area (Å²) >= 11 is 0. The van der Waals surface area contributed by atoms with E-state index in [9.17, 15) is 18.5 Å². The van der Waals surface area contributed by atoms with Gasteiger partial charge in [-0.15, -0.1) is 0 Å². The van der Waals surface area contributed by atoms with Gasteiger partial charge in [-0.25, -0.2) is 13.1 Å². The van der Waals surface area contributed by atoms with E-state index in [1.165, 1.54) is 21.0 Å². The number of rotatable bonds is 9. The van der Waals surface area contributed by atoms with Crippen molar-refractivity contribution in [3.63, 3.8) is 0 Å². The van der Waals surface area contributed by atoms with Crippen LogP contribution in [0.4, 0.5) is 0 Å². The van der Waals surface area contributed by atoms with Crippen molar-refractivity contribution >= 4 is 16.0 Å². The van der Waals surface area contributed by atoms with Crippen LogP contribution < -0.4 is 9.46 Å². The van der Waals surface area contributed by atoms with E-state index in [2.05, 4.69) is 20.9 Å². The van der Waals surface area contributed by atoms with Crippen molar-refractivity contribution in [1.82, 2.24) is 14.9 Å². The smallest absolute Gasteiger partial charge is 0.312 e. The van der Waals surface area contributed by atoms with Crippen molar-refractivity contribution in [3.8, 4) is 34.7 Å². The number of carbonyl (C=O) groups is 1. The number of carbonyl (C=O) groups excluding carboxylic acids is 1. The Bertz CT molecular complexity index is 1500. The SMILES string of the molecule is COC(=O)C(C)(C)CS(=O)(=O)NC1CCc2c(-c3noc(-c4ccc(OC(C)C)c(C#N)c4)n3)cccc21. The van der Waals surface area contributed by atoms with Crippen LogP contribution in [0.5, 0.6) is 5.75 Å². The Labute approximate surface area is 222 Å². The lowest BCUT2D eigenvalue weighted by molar-refractivity contribution is -0.149. The largest absolute Gasteiger partial charge is 0.490 e. The highest BCUT2D eigenvalue weighted by Gasteiger charge is 2.37. The number of ether oxygens (including phenoxy) is 2. The molecule has 0 saturated carbocycles. The molecule has 38 heavy (non-hydrogen) atoms. The van der Waals surface area contributed by atoms with E-state index in [1.54, 1.807) is 18.2 Å². The first-order valence-corrected chi connectivity index (χ1v) is 13.8. The fraction of sp³-hybridized carbons (Fsp3) is 0.407. The number of esters is 1. The number of hydrogen-bond acceptors (Lipinski definition) is 9. The minimum atomic E-state index is -3.79. The van der Waals surface area contributed by atoms with Crippen LogP contribution in [0.15, 0.2) is 40.9 Å². The lowest BCUT2D eigenvalue weighted by Gasteiger charge is -2.23. The average Bonchev–Trinajstić information content (AvgIpc) is 3.50. The Morgan fingerprint density at radius 1 is 1.29 bits per heavy atom. The number of nitriles is 1. The van der Waals surface area contributed by atoms with Gasteiger partial charge in [0.1, 0.15) is 11.8 Å². The van der Waals surface area contributed by atoms with Gasteiger partial charge in [-0.3, -0.25) is 4.79 Å². The van der Waals surface area contributed by atoms with E-state index >= 15 is 0 Å². The summed E-state index contributed by atoms with van der Waals surface area (Å²) in [5.74, 6) is 0.126. The number of sulfonamides is 1. The van der Waals surface area contributed by atoms with Crippen molar-refractivity contribution in [2.75, 3.05) is 12.9 Å². The molecular weight excluding hydrogens is 508 g/mol. The number of nitrogens with one attached hydrogen (secondary N) is 1. The van der Waals surface area contributed by atoms with Crippen molar-refractivity contribution in [2.45, 2.75) is 52.7 Å². The minimum absolute atomic E-state index is 0.0734. The molecule has 3 aromatic rings. The number of aromatic nitrogens is 2. The third-order valence-electron chi connectivity index (χ3n) is 6.26. The van der Waals surface area contributed by atoms with Gasteiger partial charge in [-0.1, -0.05) is 23.4 Å². The van der Waals surface area contributed by atoms with Crippen LogP contribution >= 0.6 is 0 Å². The fourth-order valence-corrected chi connectivity index (χ4v) is 6.44. The second-order valence-corrected chi connectivity index (χ2v) is 11.9. The Morgan fingerprint density at radius 3 is 2.74 bits per heavy atom. The van der Waals surface area contributed by atoms with Gasteiger partial charge in [0.15, 0.2) is 0 Å². The molecule has 1 atom stereocenters. The summed E-state index contributed by atoms with van der Waals surface area (Å²) in [4.78, 5) is 16.5. The van der Waals surface area contributed by atoms with E-state index in [1.807, 2.05) is 32.0 Å². The predicted molar refractivity (Wildman–Crippen MR) is 139 cm³/mol. The molecule has 1 unspecified atom stereocenters. The summed E-state index contributed by atoms with van der Waals surface area (Å²) in [7, 11) is -2.55. The van der Waals surface area contributed by atoms with E-state index < -0.39 is 33.2 Å². The molecule has 0 spiro atoms. The van der Waals surface area contributed by atoms with Crippen LogP contribution in [0.2, 0.25) is 0 Å². The zero-order valence-corrected chi connectivity index (χ0v) is 22.8. The first kappa shape index (κ1) is 27.3. The first-order valence-electron chi connectivity index (χ1n) is 12.2. The summed E-state index contributed by atoms with van der Waals surface area (Å²) in [6.45, 7) is 6.85. The highest BCUT2D eigenvalue weighted by molar-refractivity contribution is 7.89. The van der Waals surface area contributed by atoms with Crippen LogP contribution in [0.25, 0.3) is 22.8 Å². The predicted octanol–water partition coefficient (Wildman–Crippen LogP) is 4.17. The summed E-state index contributed by atoms with van der Waals surface area (Å²) < 4.78 is 44.5. The second-order valence-electron chi connectivity index (χ2n) is 10.1. The minimum Gasteiger partial charge on any atom is -0.490 e. The number of methoxy groups -OCH3 is 1. The Morgan fingerprint density at radius 2 is 2.05 bits per heavy atom. The molecule has 1 aliphatic carbocycles. The second kappa shape index (κ2) is 10.6. The van der Waals surface area contributed by atoms with E-state index in [0.29, 0.717) is 35.5 Å². The molecule has 200 valence electrons. The maximum absolute atomic E-state index is 12.9. The lowest BCUT2D eigenvalue weighted by Crippen LogP contribution is -2.39. The van der Waals surface area contributed by atoms with Gasteiger partial charge in [0.25, 0.3) is 5.89 Å². The average molecular weight is 539 g/mol. The van der Waals surface area contributed by atoms with Crippen molar-refractivity contribution < 1.29 is 27.2 Å². The quantitative estimate of drug-likeness (QED) is 0.397. The molecule has 2 aromatic carbocycles. The summed E-state index contributed by atoms with van der Waals surface area (Å²) in [6.07, 6.45) is 1.09.